The highest BCUT2D eigenvalue weighted by molar-refractivity contribution is 7.90. The molecule has 1 aliphatic heterocycles. The number of amides is 3. The molecule has 0 spiro atoms. The largest absolute Gasteiger partial charge is 0.357 e. The summed E-state index contributed by atoms with van der Waals surface area (Å²) in [5, 5.41) is 3.00. The van der Waals surface area contributed by atoms with Gasteiger partial charge in [0.1, 0.15) is 10.9 Å². The molecule has 1 unspecified atom stereocenters. The van der Waals surface area contributed by atoms with Crippen molar-refractivity contribution in [2.45, 2.75) is 30.8 Å². The molecule has 1 aliphatic rings. The van der Waals surface area contributed by atoms with Crippen molar-refractivity contribution in [1.82, 2.24) is 14.5 Å². The van der Waals surface area contributed by atoms with Crippen LogP contribution in [0, 0.1) is 0 Å². The Hall–Kier alpha value is -2.91. The lowest BCUT2D eigenvalue weighted by Gasteiger charge is -2.29. The number of halogens is 1. The third-order valence-electron chi connectivity index (χ3n) is 5.10. The lowest BCUT2D eigenvalue weighted by Crippen LogP contribution is -2.47. The molecule has 0 radical (unpaired) electrons. The average molecular weight is 464 g/mol. The van der Waals surface area contributed by atoms with Crippen LogP contribution >= 0.6 is 11.6 Å². The summed E-state index contributed by atoms with van der Waals surface area (Å²) in [6, 6.07) is 12.0. The van der Waals surface area contributed by atoms with Crippen LogP contribution < -0.4 is 5.32 Å². The molecule has 3 amide bonds. The first-order valence-electron chi connectivity index (χ1n) is 9.58. The van der Waals surface area contributed by atoms with Crippen molar-refractivity contribution < 1.29 is 22.8 Å². The lowest BCUT2D eigenvalue weighted by molar-refractivity contribution is -0.140. The van der Waals surface area contributed by atoms with Crippen molar-refractivity contribution in [1.29, 1.82) is 0 Å². The monoisotopic (exact) mass is 463 g/mol. The molecule has 8 nitrogen and oxygen atoms in total. The standard InChI is InChI=1S/C21H22ClN3O5S/c1-14(20(27)23-2)24(13-15-6-5-7-16(22)12-15)19(26)10-11-25-21(28)17-8-3-4-9-18(17)31(25,29)30/h3-9,12,14H,10-11,13H2,1-2H3,(H,23,27). The quantitative estimate of drug-likeness (QED) is 0.676. The molecule has 0 fully saturated rings. The molecule has 0 aromatic heterocycles. The summed E-state index contributed by atoms with van der Waals surface area (Å²) < 4.78 is 26.1. The number of rotatable bonds is 7. The van der Waals surface area contributed by atoms with Gasteiger partial charge in [-0.05, 0) is 36.8 Å². The minimum Gasteiger partial charge on any atom is -0.357 e. The molecule has 0 saturated carbocycles. The molecule has 2 aromatic carbocycles. The van der Waals surface area contributed by atoms with Crippen LogP contribution in [-0.2, 0) is 26.2 Å². The summed E-state index contributed by atoms with van der Waals surface area (Å²) in [6.45, 7) is 1.37. The van der Waals surface area contributed by atoms with Crippen LogP contribution in [0.1, 0.15) is 29.3 Å². The van der Waals surface area contributed by atoms with E-state index in [1.54, 1.807) is 37.3 Å². The molecule has 1 N–H and O–H groups in total. The Bertz CT molecular complexity index is 1140. The van der Waals surface area contributed by atoms with Crippen molar-refractivity contribution in [3.05, 3.63) is 64.7 Å². The summed E-state index contributed by atoms with van der Waals surface area (Å²) in [5.41, 5.74) is 0.804. The van der Waals surface area contributed by atoms with Gasteiger partial charge in [0.25, 0.3) is 15.9 Å². The molecule has 0 saturated heterocycles. The molecule has 3 rings (SSSR count). The number of fused-ring (bicyclic) bond motifs is 1. The summed E-state index contributed by atoms with van der Waals surface area (Å²) in [5.74, 6) is -1.49. The fourth-order valence-electron chi connectivity index (χ4n) is 3.42. The van der Waals surface area contributed by atoms with Crippen LogP contribution in [0.4, 0.5) is 0 Å². The van der Waals surface area contributed by atoms with Gasteiger partial charge in [-0.25, -0.2) is 12.7 Å². The van der Waals surface area contributed by atoms with Gasteiger partial charge in [-0.15, -0.1) is 0 Å². The second kappa shape index (κ2) is 9.07. The summed E-state index contributed by atoms with van der Waals surface area (Å²) >= 11 is 6.02. The maximum atomic E-state index is 13.0. The smallest absolute Gasteiger partial charge is 0.269 e. The Morgan fingerprint density at radius 2 is 1.87 bits per heavy atom. The number of hydrogen-bond acceptors (Lipinski definition) is 5. The van der Waals surface area contributed by atoms with E-state index >= 15 is 0 Å². The minimum absolute atomic E-state index is 0.0676. The third kappa shape index (κ3) is 4.57. The highest BCUT2D eigenvalue weighted by Crippen LogP contribution is 2.30. The third-order valence-corrected chi connectivity index (χ3v) is 7.17. The van der Waals surface area contributed by atoms with Crippen molar-refractivity contribution in [3.8, 4) is 0 Å². The number of sulfonamides is 1. The van der Waals surface area contributed by atoms with Crippen LogP contribution in [0.5, 0.6) is 0 Å². The van der Waals surface area contributed by atoms with Crippen LogP contribution in [-0.4, -0.2) is 55.0 Å². The summed E-state index contributed by atoms with van der Waals surface area (Å²) in [6.07, 6.45) is -0.263. The predicted octanol–water partition coefficient (Wildman–Crippen LogP) is 2.04. The highest BCUT2D eigenvalue weighted by Gasteiger charge is 2.41. The highest BCUT2D eigenvalue weighted by atomic mass is 35.5. The van der Waals surface area contributed by atoms with Gasteiger partial charge in [0.2, 0.25) is 11.8 Å². The van der Waals surface area contributed by atoms with Gasteiger partial charge in [-0.3, -0.25) is 14.4 Å². The molecule has 10 heteroatoms. The fraction of sp³-hybridized carbons (Fsp3) is 0.286. The zero-order valence-corrected chi connectivity index (χ0v) is 18.6. The van der Waals surface area contributed by atoms with E-state index in [1.165, 1.54) is 30.1 Å². The second-order valence-electron chi connectivity index (χ2n) is 7.07. The Kier molecular flexibility index (Phi) is 6.66. The SMILES string of the molecule is CNC(=O)C(C)N(Cc1cccc(Cl)c1)C(=O)CCN1C(=O)c2ccccc2S1(=O)=O. The maximum absolute atomic E-state index is 13.0. The Balaban J connectivity index is 1.79. The summed E-state index contributed by atoms with van der Waals surface area (Å²) in [4.78, 5) is 39.0. The van der Waals surface area contributed by atoms with Crippen molar-refractivity contribution in [2.75, 3.05) is 13.6 Å². The maximum Gasteiger partial charge on any atom is 0.269 e. The van der Waals surface area contributed by atoms with E-state index in [1.807, 2.05) is 0 Å². The van der Waals surface area contributed by atoms with E-state index in [0.717, 1.165) is 0 Å². The number of nitrogens with zero attached hydrogens (tertiary/aromatic N) is 2. The topological polar surface area (TPSA) is 104 Å². The molecule has 0 bridgehead atoms. The van der Waals surface area contributed by atoms with Crippen LogP contribution in [0.2, 0.25) is 5.02 Å². The molecule has 1 atom stereocenters. The van der Waals surface area contributed by atoms with E-state index < -0.39 is 27.9 Å². The van der Waals surface area contributed by atoms with E-state index in [9.17, 15) is 22.8 Å². The molecular formula is C21H22ClN3O5S. The van der Waals surface area contributed by atoms with Gasteiger partial charge in [0.15, 0.2) is 0 Å². The van der Waals surface area contributed by atoms with Gasteiger partial charge in [0.05, 0.1) is 5.56 Å². The van der Waals surface area contributed by atoms with E-state index in [4.69, 9.17) is 11.6 Å². The molecule has 0 aliphatic carbocycles. The fourth-order valence-corrected chi connectivity index (χ4v) is 5.20. The Morgan fingerprint density at radius 3 is 2.52 bits per heavy atom. The molecule has 2 aromatic rings. The molecular weight excluding hydrogens is 442 g/mol. The van der Waals surface area contributed by atoms with Crippen LogP contribution in [0.3, 0.4) is 0 Å². The zero-order valence-electron chi connectivity index (χ0n) is 17.0. The van der Waals surface area contributed by atoms with E-state index in [-0.39, 0.29) is 35.9 Å². The number of carbonyl (C=O) groups is 3. The van der Waals surface area contributed by atoms with Crippen molar-refractivity contribution in [2.24, 2.45) is 0 Å². The lowest BCUT2D eigenvalue weighted by atomic mass is 10.1. The minimum atomic E-state index is -4.01. The van der Waals surface area contributed by atoms with Crippen LogP contribution in [0.15, 0.2) is 53.4 Å². The van der Waals surface area contributed by atoms with Gasteiger partial charge >= 0.3 is 0 Å². The first-order valence-corrected chi connectivity index (χ1v) is 11.4. The Morgan fingerprint density at radius 1 is 1.16 bits per heavy atom. The number of nitrogens with one attached hydrogen (secondary N) is 1. The number of likely N-dealkylation sites (N-methyl/N-ethyl adjacent to an activating group) is 1. The van der Waals surface area contributed by atoms with Gasteiger partial charge in [-0.2, -0.15) is 0 Å². The first kappa shape index (κ1) is 22.8. The van der Waals surface area contributed by atoms with Crippen molar-refractivity contribution >= 4 is 39.3 Å². The van der Waals surface area contributed by atoms with Crippen LogP contribution in [0.25, 0.3) is 0 Å². The number of carbonyl (C=O) groups excluding carboxylic acids is 3. The Labute approximate surface area is 185 Å². The normalized spacial score (nSPS) is 15.3. The van der Waals surface area contributed by atoms with E-state index in [0.29, 0.717) is 14.9 Å². The van der Waals surface area contributed by atoms with E-state index in [2.05, 4.69) is 5.32 Å². The summed E-state index contributed by atoms with van der Waals surface area (Å²) in [7, 11) is -2.54. The second-order valence-corrected chi connectivity index (χ2v) is 9.34. The molecule has 31 heavy (non-hydrogen) atoms. The average Bonchev–Trinajstić information content (AvgIpc) is 2.95. The molecule has 1 heterocycles. The van der Waals surface area contributed by atoms with Gasteiger partial charge < -0.3 is 10.2 Å². The van der Waals surface area contributed by atoms with Gasteiger partial charge in [-0.1, -0.05) is 35.9 Å². The van der Waals surface area contributed by atoms with Crippen molar-refractivity contribution in [3.63, 3.8) is 0 Å². The predicted molar refractivity (Wildman–Crippen MR) is 115 cm³/mol. The number of hydrogen-bond donors (Lipinski definition) is 1. The molecule has 164 valence electrons. The zero-order chi connectivity index (χ0) is 22.8. The first-order chi connectivity index (χ1) is 14.7. The number of benzene rings is 2. The van der Waals surface area contributed by atoms with Gasteiger partial charge in [0, 0.05) is 31.6 Å².